The molecule has 0 unspecified atom stereocenters. The number of para-hydroxylation sites is 2. The van der Waals surface area contributed by atoms with Crippen molar-refractivity contribution in [1.29, 1.82) is 0 Å². The zero-order chi connectivity index (χ0) is 16.0. The Labute approximate surface area is 134 Å². The predicted octanol–water partition coefficient (Wildman–Crippen LogP) is 1.82. The van der Waals surface area contributed by atoms with Gasteiger partial charge in [0.2, 0.25) is 0 Å². The van der Waals surface area contributed by atoms with E-state index in [1.165, 1.54) is 16.8 Å². The highest BCUT2D eigenvalue weighted by molar-refractivity contribution is 7.89. The number of fused-ring (bicyclic) bond motifs is 1. The van der Waals surface area contributed by atoms with Gasteiger partial charge in [-0.05, 0) is 25.0 Å². The van der Waals surface area contributed by atoms with Crippen molar-refractivity contribution in [3.05, 3.63) is 42.6 Å². The van der Waals surface area contributed by atoms with Gasteiger partial charge in [-0.2, -0.15) is 4.31 Å². The maximum atomic E-state index is 12.9. The van der Waals surface area contributed by atoms with Crippen LogP contribution in [0.25, 0.3) is 11.0 Å². The second-order valence-corrected chi connectivity index (χ2v) is 7.63. The Morgan fingerprint density at radius 1 is 1.30 bits per heavy atom. The minimum Gasteiger partial charge on any atom is -0.341 e. The number of H-pyrrole nitrogens is 1. The van der Waals surface area contributed by atoms with Crippen molar-refractivity contribution in [2.75, 3.05) is 6.54 Å². The summed E-state index contributed by atoms with van der Waals surface area (Å²) in [5.41, 5.74) is 1.77. The first-order valence-corrected chi connectivity index (χ1v) is 8.94. The van der Waals surface area contributed by atoms with Gasteiger partial charge in [-0.25, -0.2) is 18.4 Å². The molecule has 0 saturated carbocycles. The molecule has 7 nitrogen and oxygen atoms in total. The number of nitrogens with one attached hydrogen (secondary N) is 1. The quantitative estimate of drug-likeness (QED) is 0.793. The molecule has 0 radical (unpaired) electrons. The van der Waals surface area contributed by atoms with Crippen LogP contribution in [0.3, 0.4) is 0 Å². The fourth-order valence-corrected chi connectivity index (χ4v) is 4.70. The molecule has 1 aliphatic rings. The van der Waals surface area contributed by atoms with Crippen molar-refractivity contribution in [2.45, 2.75) is 23.9 Å². The molecule has 1 aromatic carbocycles. The number of aromatic nitrogens is 4. The van der Waals surface area contributed by atoms with Gasteiger partial charge in [-0.3, -0.25) is 0 Å². The number of aryl methyl sites for hydroxylation is 1. The topological polar surface area (TPSA) is 83.9 Å². The van der Waals surface area contributed by atoms with Crippen LogP contribution in [0.5, 0.6) is 0 Å². The molecular weight excluding hydrogens is 314 g/mol. The molecule has 0 aliphatic carbocycles. The summed E-state index contributed by atoms with van der Waals surface area (Å²) < 4.78 is 28.9. The van der Waals surface area contributed by atoms with Gasteiger partial charge in [-0.15, -0.1) is 0 Å². The van der Waals surface area contributed by atoms with E-state index in [1.807, 2.05) is 24.3 Å². The van der Waals surface area contributed by atoms with Gasteiger partial charge in [0.15, 0.2) is 5.03 Å². The number of nitrogens with zero attached hydrogens (tertiary/aromatic N) is 4. The third-order valence-corrected chi connectivity index (χ3v) is 5.98. The van der Waals surface area contributed by atoms with E-state index in [1.54, 1.807) is 11.6 Å². The fourth-order valence-electron chi connectivity index (χ4n) is 3.07. The fraction of sp³-hybridized carbons (Fsp3) is 0.333. The zero-order valence-corrected chi connectivity index (χ0v) is 13.5. The Balaban J connectivity index is 1.74. The largest absolute Gasteiger partial charge is 0.341 e. The first kappa shape index (κ1) is 14.4. The minimum absolute atomic E-state index is 0.0861. The maximum absolute atomic E-state index is 12.9. The maximum Gasteiger partial charge on any atom is 0.262 e. The van der Waals surface area contributed by atoms with Crippen LogP contribution < -0.4 is 0 Å². The molecular formula is C15H17N5O2S. The van der Waals surface area contributed by atoms with Gasteiger partial charge < -0.3 is 9.55 Å². The molecule has 0 bridgehead atoms. The van der Waals surface area contributed by atoms with Crippen molar-refractivity contribution < 1.29 is 8.42 Å². The molecule has 1 atom stereocenters. The van der Waals surface area contributed by atoms with Crippen LogP contribution in [0, 0.1) is 0 Å². The van der Waals surface area contributed by atoms with E-state index >= 15 is 0 Å². The Kier molecular flexibility index (Phi) is 3.24. The molecule has 4 rings (SSSR count). The lowest BCUT2D eigenvalue weighted by Crippen LogP contribution is -2.31. The Hall–Kier alpha value is -2.19. The third kappa shape index (κ3) is 2.34. The van der Waals surface area contributed by atoms with Crippen molar-refractivity contribution in [3.8, 4) is 0 Å². The van der Waals surface area contributed by atoms with Gasteiger partial charge in [0.05, 0.1) is 23.4 Å². The highest BCUT2D eigenvalue weighted by atomic mass is 32.2. The predicted molar refractivity (Wildman–Crippen MR) is 85.2 cm³/mol. The van der Waals surface area contributed by atoms with Crippen LogP contribution >= 0.6 is 0 Å². The molecule has 8 heteroatoms. The molecule has 2 aromatic heterocycles. The van der Waals surface area contributed by atoms with Crippen LogP contribution in [0.1, 0.15) is 24.7 Å². The second kappa shape index (κ2) is 5.17. The zero-order valence-electron chi connectivity index (χ0n) is 12.7. The van der Waals surface area contributed by atoms with Crippen LogP contribution in [0.4, 0.5) is 0 Å². The molecule has 1 N–H and O–H groups in total. The van der Waals surface area contributed by atoms with Crippen molar-refractivity contribution in [3.63, 3.8) is 0 Å². The average Bonchev–Trinajstić information content (AvgIpc) is 3.25. The van der Waals surface area contributed by atoms with Crippen LogP contribution in [0.2, 0.25) is 0 Å². The summed E-state index contributed by atoms with van der Waals surface area (Å²) in [5.74, 6) is 0.697. The number of imidazole rings is 2. The van der Waals surface area contributed by atoms with Gasteiger partial charge in [0, 0.05) is 19.8 Å². The van der Waals surface area contributed by atoms with Gasteiger partial charge in [0.25, 0.3) is 10.0 Å². The molecule has 1 aliphatic heterocycles. The summed E-state index contributed by atoms with van der Waals surface area (Å²) in [6.45, 7) is 0.487. The summed E-state index contributed by atoms with van der Waals surface area (Å²) in [5, 5.41) is 0.0861. The van der Waals surface area contributed by atoms with E-state index in [9.17, 15) is 8.42 Å². The van der Waals surface area contributed by atoms with Crippen molar-refractivity contribution in [1.82, 2.24) is 23.8 Å². The lowest BCUT2D eigenvalue weighted by Gasteiger charge is -2.21. The summed E-state index contributed by atoms with van der Waals surface area (Å²) in [4.78, 5) is 11.8. The number of hydrogen-bond acceptors (Lipinski definition) is 4. The lowest BCUT2D eigenvalue weighted by atomic mass is 10.2. The summed E-state index contributed by atoms with van der Waals surface area (Å²) in [6, 6.07) is 7.44. The highest BCUT2D eigenvalue weighted by Gasteiger charge is 2.38. The van der Waals surface area contributed by atoms with E-state index in [-0.39, 0.29) is 11.1 Å². The van der Waals surface area contributed by atoms with E-state index in [0.717, 1.165) is 23.9 Å². The van der Waals surface area contributed by atoms with E-state index in [4.69, 9.17) is 0 Å². The second-order valence-electron chi connectivity index (χ2n) is 5.79. The molecule has 23 heavy (non-hydrogen) atoms. The van der Waals surface area contributed by atoms with Crippen molar-refractivity contribution in [2.24, 2.45) is 7.05 Å². The molecule has 3 aromatic rings. The third-order valence-electron chi connectivity index (χ3n) is 4.18. The van der Waals surface area contributed by atoms with E-state index < -0.39 is 10.0 Å². The number of hydrogen-bond donors (Lipinski definition) is 1. The van der Waals surface area contributed by atoms with E-state index in [2.05, 4.69) is 15.0 Å². The summed E-state index contributed by atoms with van der Waals surface area (Å²) in [7, 11) is -1.85. The smallest absolute Gasteiger partial charge is 0.262 e. The molecule has 0 amide bonds. The highest BCUT2D eigenvalue weighted by Crippen LogP contribution is 2.35. The van der Waals surface area contributed by atoms with Crippen LogP contribution in [-0.4, -0.2) is 38.8 Å². The van der Waals surface area contributed by atoms with Gasteiger partial charge >= 0.3 is 0 Å². The molecule has 1 fully saturated rings. The Morgan fingerprint density at radius 3 is 2.87 bits per heavy atom. The molecule has 0 spiro atoms. The normalized spacial score (nSPS) is 19.6. The first-order valence-electron chi connectivity index (χ1n) is 7.50. The minimum atomic E-state index is -3.61. The molecule has 1 saturated heterocycles. The number of sulfonamides is 1. The Bertz CT molecular complexity index is 926. The van der Waals surface area contributed by atoms with Crippen LogP contribution in [0.15, 0.2) is 41.8 Å². The van der Waals surface area contributed by atoms with E-state index in [0.29, 0.717) is 12.4 Å². The van der Waals surface area contributed by atoms with Gasteiger partial charge in [-0.1, -0.05) is 12.1 Å². The number of rotatable bonds is 3. The first-order chi connectivity index (χ1) is 11.1. The van der Waals surface area contributed by atoms with Crippen molar-refractivity contribution >= 4 is 21.1 Å². The SMILES string of the molecule is Cn1cnc(S(=O)(=O)N2CCC[C@H]2c2nc3ccccc3[nH]2)c1. The Morgan fingerprint density at radius 2 is 2.13 bits per heavy atom. The monoisotopic (exact) mass is 331 g/mol. The number of benzene rings is 1. The summed E-state index contributed by atoms with van der Waals surface area (Å²) >= 11 is 0. The average molecular weight is 331 g/mol. The lowest BCUT2D eigenvalue weighted by molar-refractivity contribution is 0.384. The summed E-state index contributed by atoms with van der Waals surface area (Å²) in [6.07, 6.45) is 4.60. The molecule has 120 valence electrons. The van der Waals surface area contributed by atoms with Gasteiger partial charge in [0.1, 0.15) is 5.82 Å². The molecule has 3 heterocycles. The standard InChI is InChI=1S/C15H17N5O2S/c1-19-9-14(16-10-19)23(21,22)20-8-4-7-13(20)15-17-11-5-2-3-6-12(11)18-15/h2-3,5-6,9-10,13H,4,7-8H2,1H3,(H,17,18)/t13-/m0/s1. The van der Waals surface area contributed by atoms with Crippen LogP contribution in [-0.2, 0) is 17.1 Å². The number of aromatic amines is 1.